The zero-order chi connectivity index (χ0) is 16.3. The predicted molar refractivity (Wildman–Crippen MR) is 82.2 cm³/mol. The van der Waals surface area contributed by atoms with Gasteiger partial charge in [0.2, 0.25) is 0 Å². The molecule has 1 N–H and O–H groups in total. The number of hydrogen-bond donors (Lipinski definition) is 1. The molecule has 0 radical (unpaired) electrons. The Bertz CT molecular complexity index is 624. The predicted octanol–water partition coefficient (Wildman–Crippen LogP) is 1.21. The van der Waals surface area contributed by atoms with E-state index in [2.05, 4.69) is 4.98 Å². The Morgan fingerprint density at radius 2 is 1.95 bits per heavy atom. The first kappa shape index (κ1) is 17.6. The minimum Gasteiger partial charge on any atom is -0.481 e. The van der Waals surface area contributed by atoms with E-state index in [9.17, 15) is 18.9 Å². The van der Waals surface area contributed by atoms with E-state index in [1.165, 1.54) is 4.57 Å². The third-order valence-corrected chi connectivity index (χ3v) is 5.18. The number of carbonyl (C=O) groups is 1. The minimum absolute atomic E-state index is 0.0297. The standard InChI is InChI=1S/C14H22N2O4S/c1-8(21(5)20)6-7-16-11(4)12(9(2)13(17)18)10(3)15-14(16)19/h8-9H,6-7H2,1-5H3,(H,17,18). The van der Waals surface area contributed by atoms with Crippen LogP contribution in [0.15, 0.2) is 4.79 Å². The van der Waals surface area contributed by atoms with Crippen LogP contribution in [0.2, 0.25) is 0 Å². The van der Waals surface area contributed by atoms with Crippen LogP contribution in [0.25, 0.3) is 0 Å². The van der Waals surface area contributed by atoms with E-state index < -0.39 is 22.7 Å². The molecule has 7 heteroatoms. The lowest BCUT2D eigenvalue weighted by Crippen LogP contribution is -2.30. The van der Waals surface area contributed by atoms with E-state index >= 15 is 0 Å². The van der Waals surface area contributed by atoms with Gasteiger partial charge in [-0.1, -0.05) is 6.92 Å². The fourth-order valence-corrected chi connectivity index (χ4v) is 2.74. The second-order valence-corrected chi connectivity index (χ2v) is 7.09. The van der Waals surface area contributed by atoms with Gasteiger partial charge in [0.1, 0.15) is 0 Å². The maximum atomic E-state index is 12.0. The molecule has 0 saturated carbocycles. The number of carboxylic acid groups (broad SMARTS) is 1. The lowest BCUT2D eigenvalue weighted by molar-refractivity contribution is -0.138. The molecule has 0 spiro atoms. The number of hydrogen-bond acceptors (Lipinski definition) is 4. The van der Waals surface area contributed by atoms with Crippen molar-refractivity contribution < 1.29 is 14.1 Å². The normalized spacial score (nSPS) is 15.5. The quantitative estimate of drug-likeness (QED) is 0.852. The summed E-state index contributed by atoms with van der Waals surface area (Å²) in [6, 6.07) is 0. The summed E-state index contributed by atoms with van der Waals surface area (Å²) in [7, 11) is -0.953. The summed E-state index contributed by atoms with van der Waals surface area (Å²) in [5.74, 6) is -1.67. The highest BCUT2D eigenvalue weighted by Crippen LogP contribution is 2.21. The molecule has 3 atom stereocenters. The highest BCUT2D eigenvalue weighted by molar-refractivity contribution is 7.84. The first-order chi connectivity index (χ1) is 9.66. The molecule has 0 bridgehead atoms. The van der Waals surface area contributed by atoms with Crippen LogP contribution in [-0.4, -0.2) is 36.3 Å². The van der Waals surface area contributed by atoms with Crippen LogP contribution in [0.3, 0.4) is 0 Å². The monoisotopic (exact) mass is 314 g/mol. The molecule has 0 aliphatic carbocycles. The van der Waals surface area contributed by atoms with Crippen molar-refractivity contribution in [1.29, 1.82) is 0 Å². The molecule has 1 heterocycles. The van der Waals surface area contributed by atoms with Crippen LogP contribution in [-0.2, 0) is 22.1 Å². The maximum Gasteiger partial charge on any atom is 0.347 e. The number of aryl methyl sites for hydroxylation is 1. The molecular formula is C14H22N2O4S. The van der Waals surface area contributed by atoms with Crippen LogP contribution >= 0.6 is 0 Å². The fraction of sp³-hybridized carbons (Fsp3) is 0.643. The van der Waals surface area contributed by atoms with Crippen LogP contribution in [0, 0.1) is 13.8 Å². The van der Waals surface area contributed by atoms with Crippen LogP contribution < -0.4 is 5.69 Å². The summed E-state index contributed by atoms with van der Waals surface area (Å²) in [5, 5.41) is 9.15. The van der Waals surface area contributed by atoms with Gasteiger partial charge in [-0.2, -0.15) is 4.98 Å². The molecule has 3 unspecified atom stereocenters. The minimum atomic E-state index is -0.953. The van der Waals surface area contributed by atoms with Gasteiger partial charge in [-0.3, -0.25) is 13.6 Å². The van der Waals surface area contributed by atoms with Gasteiger partial charge in [-0.05, 0) is 27.2 Å². The zero-order valence-electron chi connectivity index (χ0n) is 13.0. The Balaban J connectivity index is 3.22. The lowest BCUT2D eigenvalue weighted by atomic mass is 9.98. The molecule has 6 nitrogen and oxygen atoms in total. The summed E-state index contributed by atoms with van der Waals surface area (Å²) in [5.41, 5.74) is 1.26. The molecule has 1 aromatic rings. The molecule has 1 rings (SSSR count). The highest BCUT2D eigenvalue weighted by Gasteiger charge is 2.22. The molecule has 21 heavy (non-hydrogen) atoms. The average Bonchev–Trinajstić information content (AvgIpc) is 2.37. The summed E-state index contributed by atoms with van der Waals surface area (Å²) in [4.78, 5) is 27.1. The van der Waals surface area contributed by atoms with Crippen LogP contribution in [0.5, 0.6) is 0 Å². The van der Waals surface area contributed by atoms with E-state index in [1.807, 2.05) is 6.92 Å². The zero-order valence-corrected chi connectivity index (χ0v) is 13.9. The molecule has 0 aliphatic heterocycles. The third kappa shape index (κ3) is 4.00. The van der Waals surface area contributed by atoms with Crippen LogP contribution in [0.4, 0.5) is 0 Å². The SMILES string of the molecule is Cc1nc(=O)n(CCC(C)S(C)=O)c(C)c1C(C)C(=O)O. The molecule has 0 fully saturated rings. The van der Waals surface area contributed by atoms with Gasteiger partial charge < -0.3 is 5.11 Å². The largest absolute Gasteiger partial charge is 0.481 e. The second-order valence-electron chi connectivity index (χ2n) is 5.29. The smallest absolute Gasteiger partial charge is 0.347 e. The molecule has 0 aromatic carbocycles. The van der Waals surface area contributed by atoms with Crippen molar-refractivity contribution in [2.24, 2.45) is 0 Å². The first-order valence-electron chi connectivity index (χ1n) is 6.79. The van der Waals surface area contributed by atoms with E-state index in [0.29, 0.717) is 29.9 Å². The third-order valence-electron chi connectivity index (χ3n) is 3.81. The van der Waals surface area contributed by atoms with Gasteiger partial charge >= 0.3 is 11.7 Å². The van der Waals surface area contributed by atoms with E-state index in [0.717, 1.165) is 0 Å². The van der Waals surface area contributed by atoms with E-state index in [4.69, 9.17) is 0 Å². The second kappa shape index (κ2) is 6.98. The lowest BCUT2D eigenvalue weighted by Gasteiger charge is -2.18. The van der Waals surface area contributed by atoms with Crippen molar-refractivity contribution in [1.82, 2.24) is 9.55 Å². The Labute approximate surface area is 126 Å². The van der Waals surface area contributed by atoms with Crippen molar-refractivity contribution in [3.63, 3.8) is 0 Å². The molecular weight excluding hydrogens is 292 g/mol. The Morgan fingerprint density at radius 3 is 2.43 bits per heavy atom. The van der Waals surface area contributed by atoms with Gasteiger partial charge in [0.15, 0.2) is 0 Å². The fourth-order valence-electron chi connectivity index (χ4n) is 2.31. The summed E-state index contributed by atoms with van der Waals surface area (Å²) < 4.78 is 12.9. The molecule has 0 aliphatic rings. The van der Waals surface area contributed by atoms with Gasteiger partial charge in [0.05, 0.1) is 5.92 Å². The van der Waals surface area contributed by atoms with Gasteiger partial charge in [0, 0.05) is 45.8 Å². The van der Waals surface area contributed by atoms with Gasteiger partial charge in [0.25, 0.3) is 0 Å². The van der Waals surface area contributed by atoms with Gasteiger partial charge in [-0.25, -0.2) is 4.79 Å². The Hall–Kier alpha value is -1.50. The topological polar surface area (TPSA) is 89.3 Å². The number of aliphatic carboxylic acids is 1. The molecule has 0 saturated heterocycles. The number of carboxylic acids is 1. The van der Waals surface area contributed by atoms with Crippen molar-refractivity contribution in [2.75, 3.05) is 6.26 Å². The number of nitrogens with zero attached hydrogens (tertiary/aromatic N) is 2. The Morgan fingerprint density at radius 1 is 1.38 bits per heavy atom. The summed E-state index contributed by atoms with van der Waals surface area (Å²) in [6.07, 6.45) is 2.21. The highest BCUT2D eigenvalue weighted by atomic mass is 32.2. The Kier molecular flexibility index (Phi) is 5.83. The summed E-state index contributed by atoms with van der Waals surface area (Å²) >= 11 is 0. The van der Waals surface area contributed by atoms with Crippen molar-refractivity contribution >= 4 is 16.8 Å². The van der Waals surface area contributed by atoms with Gasteiger partial charge in [-0.15, -0.1) is 0 Å². The average molecular weight is 314 g/mol. The number of rotatable bonds is 6. The van der Waals surface area contributed by atoms with E-state index in [-0.39, 0.29) is 10.9 Å². The molecule has 118 valence electrons. The van der Waals surface area contributed by atoms with Crippen molar-refractivity contribution in [2.45, 2.75) is 51.8 Å². The van der Waals surface area contributed by atoms with Crippen molar-refractivity contribution in [3.05, 3.63) is 27.4 Å². The first-order valence-corrected chi connectivity index (χ1v) is 8.41. The van der Waals surface area contributed by atoms with Crippen molar-refractivity contribution in [3.8, 4) is 0 Å². The van der Waals surface area contributed by atoms with Crippen LogP contribution in [0.1, 0.15) is 43.1 Å². The summed E-state index contributed by atoms with van der Waals surface area (Å²) in [6.45, 7) is 7.21. The maximum absolute atomic E-state index is 12.0. The number of aromatic nitrogens is 2. The molecule has 1 aromatic heterocycles. The van der Waals surface area contributed by atoms with E-state index in [1.54, 1.807) is 27.0 Å². The molecule has 0 amide bonds.